The van der Waals surface area contributed by atoms with Crippen molar-refractivity contribution >= 4 is 33.6 Å². The molecule has 0 bridgehead atoms. The third-order valence-electron chi connectivity index (χ3n) is 4.13. The maximum absolute atomic E-state index is 12.8. The Morgan fingerprint density at radius 3 is 2.56 bits per heavy atom. The van der Waals surface area contributed by atoms with Gasteiger partial charge < -0.3 is 20.1 Å². The lowest BCUT2D eigenvalue weighted by Gasteiger charge is -2.29. The van der Waals surface area contributed by atoms with Crippen molar-refractivity contribution in [3.8, 4) is 5.75 Å². The fraction of sp³-hybridized carbons (Fsp3) is 0.200. The molecule has 27 heavy (non-hydrogen) atoms. The number of urea groups is 1. The molecule has 1 aliphatic rings. The Kier molecular flexibility index (Phi) is 5.81. The minimum absolute atomic E-state index is 0.234. The average molecular weight is 431 g/mol. The number of esters is 1. The lowest BCUT2D eigenvalue weighted by Crippen LogP contribution is -2.45. The molecule has 2 amide bonds. The summed E-state index contributed by atoms with van der Waals surface area (Å²) in [5, 5.41) is 5.57. The summed E-state index contributed by atoms with van der Waals surface area (Å²) in [6, 6.07) is 13.5. The molecule has 1 unspecified atom stereocenters. The van der Waals surface area contributed by atoms with E-state index in [0.29, 0.717) is 22.6 Å². The van der Waals surface area contributed by atoms with Gasteiger partial charge in [-0.25, -0.2) is 9.59 Å². The standard InChI is InChI=1S/C20H19BrN2O4/c1-3-27-19(24)16-17(12-7-9-15(26-2)10-8-12)22-20(25)23-18(16)13-5-4-6-14(21)11-13/h4-11,18H,3H2,1-2H3,(H2,22,23,25). The lowest BCUT2D eigenvalue weighted by atomic mass is 9.92. The van der Waals surface area contributed by atoms with Gasteiger partial charge in [0.2, 0.25) is 0 Å². The predicted molar refractivity (Wildman–Crippen MR) is 105 cm³/mol. The van der Waals surface area contributed by atoms with Gasteiger partial charge in [-0.1, -0.05) is 28.1 Å². The van der Waals surface area contributed by atoms with Crippen molar-refractivity contribution in [2.45, 2.75) is 13.0 Å². The molecule has 6 nitrogen and oxygen atoms in total. The van der Waals surface area contributed by atoms with E-state index in [9.17, 15) is 9.59 Å². The van der Waals surface area contributed by atoms with E-state index in [4.69, 9.17) is 9.47 Å². The summed E-state index contributed by atoms with van der Waals surface area (Å²) < 4.78 is 11.3. The number of carbonyl (C=O) groups excluding carboxylic acids is 2. The molecule has 0 aliphatic carbocycles. The Bertz CT molecular complexity index is 893. The van der Waals surface area contributed by atoms with Crippen LogP contribution in [0, 0.1) is 0 Å². The molecule has 1 aliphatic heterocycles. The van der Waals surface area contributed by atoms with Crippen LogP contribution in [0.2, 0.25) is 0 Å². The van der Waals surface area contributed by atoms with Crippen molar-refractivity contribution in [1.29, 1.82) is 0 Å². The van der Waals surface area contributed by atoms with Crippen LogP contribution in [-0.2, 0) is 9.53 Å². The van der Waals surface area contributed by atoms with Crippen molar-refractivity contribution < 1.29 is 19.1 Å². The molecule has 0 saturated carbocycles. The van der Waals surface area contributed by atoms with Gasteiger partial charge in [0.05, 0.1) is 31.0 Å². The monoisotopic (exact) mass is 430 g/mol. The molecule has 0 aromatic heterocycles. The first-order valence-electron chi connectivity index (χ1n) is 8.42. The number of benzene rings is 2. The van der Waals surface area contributed by atoms with E-state index in [-0.39, 0.29) is 12.6 Å². The summed E-state index contributed by atoms with van der Waals surface area (Å²) >= 11 is 3.43. The highest BCUT2D eigenvalue weighted by Crippen LogP contribution is 2.33. The molecule has 1 atom stereocenters. The molecular weight excluding hydrogens is 412 g/mol. The molecule has 3 rings (SSSR count). The van der Waals surface area contributed by atoms with Gasteiger partial charge >= 0.3 is 12.0 Å². The minimum atomic E-state index is -0.632. The van der Waals surface area contributed by atoms with E-state index in [1.807, 2.05) is 24.3 Å². The van der Waals surface area contributed by atoms with Crippen LogP contribution >= 0.6 is 15.9 Å². The minimum Gasteiger partial charge on any atom is -0.497 e. The van der Waals surface area contributed by atoms with Crippen molar-refractivity contribution in [2.24, 2.45) is 0 Å². The Morgan fingerprint density at radius 1 is 1.19 bits per heavy atom. The second kappa shape index (κ2) is 8.26. The summed E-state index contributed by atoms with van der Waals surface area (Å²) in [6.07, 6.45) is 0. The number of amides is 2. The Labute approximate surface area is 165 Å². The fourth-order valence-corrected chi connectivity index (χ4v) is 3.33. The summed E-state index contributed by atoms with van der Waals surface area (Å²) in [7, 11) is 1.58. The topological polar surface area (TPSA) is 76.7 Å². The van der Waals surface area contributed by atoms with Gasteiger partial charge in [0.25, 0.3) is 0 Å². The first-order chi connectivity index (χ1) is 13.0. The first-order valence-corrected chi connectivity index (χ1v) is 9.21. The van der Waals surface area contributed by atoms with Gasteiger partial charge in [0, 0.05) is 4.47 Å². The Hall–Kier alpha value is -2.80. The maximum atomic E-state index is 12.8. The van der Waals surface area contributed by atoms with E-state index >= 15 is 0 Å². The van der Waals surface area contributed by atoms with Crippen LogP contribution in [0.25, 0.3) is 5.70 Å². The third-order valence-corrected chi connectivity index (χ3v) is 4.62. The van der Waals surface area contributed by atoms with Crippen molar-refractivity contribution in [3.63, 3.8) is 0 Å². The van der Waals surface area contributed by atoms with Gasteiger partial charge in [-0.15, -0.1) is 0 Å². The number of ether oxygens (including phenoxy) is 2. The zero-order valence-electron chi connectivity index (χ0n) is 14.9. The van der Waals surface area contributed by atoms with E-state index in [1.54, 1.807) is 38.3 Å². The van der Waals surface area contributed by atoms with E-state index in [1.165, 1.54) is 0 Å². The molecular formula is C20H19BrN2O4. The van der Waals surface area contributed by atoms with Crippen LogP contribution in [0.1, 0.15) is 24.1 Å². The number of halogens is 1. The summed E-state index contributed by atoms with van der Waals surface area (Å²) in [6.45, 7) is 1.98. The highest BCUT2D eigenvalue weighted by molar-refractivity contribution is 9.10. The van der Waals surface area contributed by atoms with E-state index in [0.717, 1.165) is 10.0 Å². The third kappa shape index (κ3) is 4.14. The van der Waals surface area contributed by atoms with Crippen LogP contribution in [0.15, 0.2) is 58.6 Å². The Morgan fingerprint density at radius 2 is 1.93 bits per heavy atom. The average Bonchev–Trinajstić information content (AvgIpc) is 2.67. The number of nitrogens with one attached hydrogen (secondary N) is 2. The molecule has 0 fully saturated rings. The van der Waals surface area contributed by atoms with Crippen LogP contribution < -0.4 is 15.4 Å². The molecule has 140 valence electrons. The highest BCUT2D eigenvalue weighted by atomic mass is 79.9. The fourth-order valence-electron chi connectivity index (χ4n) is 2.91. The van der Waals surface area contributed by atoms with E-state index < -0.39 is 12.0 Å². The summed E-state index contributed by atoms with van der Waals surface area (Å²) in [5.74, 6) is 0.196. The molecule has 2 N–H and O–H groups in total. The van der Waals surface area contributed by atoms with Crippen LogP contribution in [0.3, 0.4) is 0 Å². The molecule has 2 aromatic carbocycles. The van der Waals surface area contributed by atoms with Crippen molar-refractivity contribution in [2.75, 3.05) is 13.7 Å². The van der Waals surface area contributed by atoms with Crippen LogP contribution in [0.5, 0.6) is 5.75 Å². The predicted octanol–water partition coefficient (Wildman–Crippen LogP) is 3.79. The number of hydrogen-bond acceptors (Lipinski definition) is 4. The number of rotatable bonds is 5. The maximum Gasteiger partial charge on any atom is 0.338 e. The summed E-state index contributed by atoms with van der Waals surface area (Å²) in [5.41, 5.74) is 2.23. The van der Waals surface area contributed by atoms with Crippen molar-refractivity contribution in [1.82, 2.24) is 10.6 Å². The normalized spacial score (nSPS) is 16.4. The molecule has 7 heteroatoms. The highest BCUT2D eigenvalue weighted by Gasteiger charge is 2.34. The van der Waals surface area contributed by atoms with Gasteiger partial charge in [0.15, 0.2) is 0 Å². The molecule has 0 saturated heterocycles. The largest absolute Gasteiger partial charge is 0.497 e. The quantitative estimate of drug-likeness (QED) is 0.707. The number of methoxy groups -OCH3 is 1. The van der Waals surface area contributed by atoms with Crippen LogP contribution in [0.4, 0.5) is 4.79 Å². The van der Waals surface area contributed by atoms with Gasteiger partial charge in [-0.3, -0.25) is 0 Å². The zero-order chi connectivity index (χ0) is 19.4. The zero-order valence-corrected chi connectivity index (χ0v) is 16.5. The summed E-state index contributed by atoms with van der Waals surface area (Å²) in [4.78, 5) is 25.1. The smallest absolute Gasteiger partial charge is 0.338 e. The molecule has 0 radical (unpaired) electrons. The first kappa shape index (κ1) is 19.0. The number of hydrogen-bond donors (Lipinski definition) is 2. The van der Waals surface area contributed by atoms with Gasteiger partial charge in [-0.05, 0) is 54.4 Å². The molecule has 0 spiro atoms. The lowest BCUT2D eigenvalue weighted by molar-refractivity contribution is -0.138. The second-order valence-corrected chi connectivity index (χ2v) is 6.74. The second-order valence-electron chi connectivity index (χ2n) is 5.82. The van der Waals surface area contributed by atoms with Crippen LogP contribution in [-0.4, -0.2) is 25.7 Å². The Balaban J connectivity index is 2.16. The van der Waals surface area contributed by atoms with E-state index in [2.05, 4.69) is 26.6 Å². The van der Waals surface area contributed by atoms with Gasteiger partial charge in [-0.2, -0.15) is 0 Å². The SMILES string of the molecule is CCOC(=O)C1=C(c2ccc(OC)cc2)NC(=O)NC1c1cccc(Br)c1. The van der Waals surface area contributed by atoms with Gasteiger partial charge in [0.1, 0.15) is 5.75 Å². The molecule has 1 heterocycles. The van der Waals surface area contributed by atoms with Crippen molar-refractivity contribution in [3.05, 3.63) is 69.7 Å². The molecule has 2 aromatic rings. The number of carbonyl (C=O) groups is 2.